The van der Waals surface area contributed by atoms with E-state index in [9.17, 15) is 15.3 Å². The molecule has 1 atom stereocenters. The van der Waals surface area contributed by atoms with Gasteiger partial charge in [0.1, 0.15) is 30.8 Å². The molecule has 37 heavy (non-hydrogen) atoms. The summed E-state index contributed by atoms with van der Waals surface area (Å²) in [7, 11) is 0. The van der Waals surface area contributed by atoms with Crippen LogP contribution < -0.4 is 9.47 Å². The van der Waals surface area contributed by atoms with Crippen molar-refractivity contribution in [2.75, 3.05) is 26.4 Å². The van der Waals surface area contributed by atoms with Crippen LogP contribution in [0.1, 0.15) is 28.2 Å². The third-order valence-corrected chi connectivity index (χ3v) is 6.35. The van der Waals surface area contributed by atoms with E-state index in [1.165, 1.54) is 5.56 Å². The third-order valence-electron chi connectivity index (χ3n) is 6.35. The molecule has 0 radical (unpaired) electrons. The second-order valence-electron chi connectivity index (χ2n) is 9.29. The zero-order valence-electron chi connectivity index (χ0n) is 21.1. The van der Waals surface area contributed by atoms with E-state index >= 15 is 0 Å². The number of aryl methyl sites for hydroxylation is 1. The Morgan fingerprint density at radius 1 is 0.595 bits per heavy atom. The van der Waals surface area contributed by atoms with Crippen molar-refractivity contribution in [3.63, 3.8) is 0 Å². The maximum Gasteiger partial charge on any atom is 0.122 e. The molecule has 0 amide bonds. The van der Waals surface area contributed by atoms with Crippen LogP contribution >= 0.6 is 0 Å². The van der Waals surface area contributed by atoms with E-state index in [1.54, 1.807) is 0 Å². The molecule has 0 saturated carbocycles. The highest BCUT2D eigenvalue weighted by Gasteiger charge is 2.10. The molecular weight excluding hydrogens is 464 g/mol. The van der Waals surface area contributed by atoms with E-state index in [0.29, 0.717) is 11.5 Å². The number of rotatable bonds is 12. The topological polar surface area (TPSA) is 79.2 Å². The minimum Gasteiger partial charge on any atom is -0.491 e. The summed E-state index contributed by atoms with van der Waals surface area (Å²) in [6, 6.07) is 32.0. The van der Waals surface area contributed by atoms with Gasteiger partial charge in [0.25, 0.3) is 0 Å². The fourth-order valence-corrected chi connectivity index (χ4v) is 4.04. The Bertz CT molecular complexity index is 1210. The van der Waals surface area contributed by atoms with Crippen LogP contribution in [0.5, 0.6) is 11.5 Å². The van der Waals surface area contributed by atoms with E-state index in [0.717, 1.165) is 34.2 Å². The summed E-state index contributed by atoms with van der Waals surface area (Å²) in [5.74, 6) is 1.15. The Balaban J connectivity index is 1.21. The summed E-state index contributed by atoms with van der Waals surface area (Å²) in [6.07, 6.45) is 0.0134. The Hall–Kier alpha value is -3.64. The number of hydrogen-bond acceptors (Lipinski definition) is 5. The van der Waals surface area contributed by atoms with Gasteiger partial charge in [-0.1, -0.05) is 78.4 Å². The molecule has 4 aromatic carbocycles. The molecule has 4 aromatic rings. The van der Waals surface area contributed by atoms with Gasteiger partial charge in [-0.05, 0) is 65.4 Å². The molecule has 5 heteroatoms. The van der Waals surface area contributed by atoms with Crippen LogP contribution in [0.2, 0.25) is 0 Å². The monoisotopic (exact) mass is 498 g/mol. The van der Waals surface area contributed by atoms with E-state index in [4.69, 9.17) is 9.47 Å². The van der Waals surface area contributed by atoms with Crippen molar-refractivity contribution in [3.05, 3.63) is 119 Å². The lowest BCUT2D eigenvalue weighted by atomic mass is 9.97. The molecule has 0 bridgehead atoms. The molecule has 3 N–H and O–H groups in total. The summed E-state index contributed by atoms with van der Waals surface area (Å²) in [5, 5.41) is 28.9. The number of benzene rings is 4. The Morgan fingerprint density at radius 3 is 1.51 bits per heavy atom. The van der Waals surface area contributed by atoms with Crippen molar-refractivity contribution in [2.24, 2.45) is 0 Å². The molecule has 1 unspecified atom stereocenters. The molecule has 5 nitrogen and oxygen atoms in total. The van der Waals surface area contributed by atoms with Crippen LogP contribution in [0.4, 0.5) is 0 Å². The molecule has 0 aliphatic carbocycles. The fourth-order valence-electron chi connectivity index (χ4n) is 4.04. The molecule has 0 spiro atoms. The highest BCUT2D eigenvalue weighted by atomic mass is 16.5. The van der Waals surface area contributed by atoms with Gasteiger partial charge in [0.2, 0.25) is 0 Å². The molecule has 0 aliphatic heterocycles. The molecule has 192 valence electrons. The lowest BCUT2D eigenvalue weighted by Crippen LogP contribution is -2.25. The first kappa shape index (κ1) is 26.4. The van der Waals surface area contributed by atoms with Gasteiger partial charge >= 0.3 is 0 Å². The lowest BCUT2D eigenvalue weighted by molar-refractivity contribution is 0.0626. The van der Waals surface area contributed by atoms with Gasteiger partial charge in [-0.25, -0.2) is 0 Å². The molecule has 0 saturated heterocycles. The van der Waals surface area contributed by atoms with Gasteiger partial charge in [-0.15, -0.1) is 0 Å². The summed E-state index contributed by atoms with van der Waals surface area (Å²) < 4.78 is 11.5. The Morgan fingerprint density at radius 2 is 1.03 bits per heavy atom. The van der Waals surface area contributed by atoms with Crippen molar-refractivity contribution in [1.29, 1.82) is 0 Å². The van der Waals surface area contributed by atoms with Crippen molar-refractivity contribution >= 4 is 0 Å². The van der Waals surface area contributed by atoms with Gasteiger partial charge in [-0.3, -0.25) is 0 Å². The van der Waals surface area contributed by atoms with Gasteiger partial charge in [0, 0.05) is 5.92 Å². The standard InChI is InChI=1S/C32H34O5/c1-23-2-8-26(9-3-23)27-12-16-32(17-13-27)37-22-30(35)21-36-31-14-6-25(7-15-31)18-24-4-10-28(11-5-24)29(19-33)20-34/h2-17,29-30,33-35H,18-22H2,1H3. The first-order chi connectivity index (χ1) is 18.0. The number of hydrogen-bond donors (Lipinski definition) is 3. The number of ether oxygens (including phenoxy) is 2. The van der Waals surface area contributed by atoms with Crippen LogP contribution in [0.25, 0.3) is 11.1 Å². The lowest BCUT2D eigenvalue weighted by Gasteiger charge is -2.14. The molecule has 0 heterocycles. The number of aliphatic hydroxyl groups excluding tert-OH is 3. The molecule has 0 aliphatic rings. The number of aliphatic hydroxyl groups is 3. The van der Waals surface area contributed by atoms with E-state index in [2.05, 4.69) is 31.2 Å². The first-order valence-corrected chi connectivity index (χ1v) is 12.5. The minimum absolute atomic E-state index is 0.0697. The quantitative estimate of drug-likeness (QED) is 0.252. The highest BCUT2D eigenvalue weighted by molar-refractivity contribution is 5.64. The summed E-state index contributed by atoms with van der Waals surface area (Å²) >= 11 is 0. The van der Waals surface area contributed by atoms with Gasteiger partial charge < -0.3 is 24.8 Å². The Kier molecular flexibility index (Phi) is 9.33. The largest absolute Gasteiger partial charge is 0.491 e. The maximum atomic E-state index is 10.3. The van der Waals surface area contributed by atoms with Crippen molar-refractivity contribution in [2.45, 2.75) is 25.4 Å². The van der Waals surface area contributed by atoms with E-state index in [1.807, 2.05) is 72.8 Å². The fraction of sp³-hybridized carbons (Fsp3) is 0.250. The second-order valence-corrected chi connectivity index (χ2v) is 9.29. The van der Waals surface area contributed by atoms with E-state index in [-0.39, 0.29) is 32.3 Å². The van der Waals surface area contributed by atoms with Gasteiger partial charge in [-0.2, -0.15) is 0 Å². The zero-order chi connectivity index (χ0) is 26.0. The minimum atomic E-state index is -0.753. The molecule has 4 rings (SSSR count). The van der Waals surface area contributed by atoms with Gasteiger partial charge in [0.05, 0.1) is 13.2 Å². The van der Waals surface area contributed by atoms with Crippen molar-refractivity contribution < 1.29 is 24.8 Å². The van der Waals surface area contributed by atoms with E-state index < -0.39 is 6.10 Å². The Labute approximate surface area is 218 Å². The summed E-state index contributed by atoms with van der Waals surface area (Å²) in [5.41, 5.74) is 6.72. The van der Waals surface area contributed by atoms with Crippen LogP contribution in [-0.2, 0) is 6.42 Å². The average Bonchev–Trinajstić information content (AvgIpc) is 2.94. The third kappa shape index (κ3) is 7.67. The molecule has 0 aromatic heterocycles. The molecule has 0 fully saturated rings. The SMILES string of the molecule is Cc1ccc(-c2ccc(OCC(O)COc3ccc(Cc4ccc(C(CO)CO)cc4)cc3)cc2)cc1. The van der Waals surface area contributed by atoms with Crippen LogP contribution in [0, 0.1) is 6.92 Å². The van der Waals surface area contributed by atoms with Gasteiger partial charge in [0.15, 0.2) is 0 Å². The van der Waals surface area contributed by atoms with Crippen LogP contribution in [0.3, 0.4) is 0 Å². The smallest absolute Gasteiger partial charge is 0.122 e. The second kappa shape index (κ2) is 13.1. The first-order valence-electron chi connectivity index (χ1n) is 12.5. The van der Waals surface area contributed by atoms with Crippen LogP contribution in [-0.4, -0.2) is 47.9 Å². The normalized spacial score (nSPS) is 11.9. The van der Waals surface area contributed by atoms with Crippen LogP contribution in [0.15, 0.2) is 97.1 Å². The summed E-state index contributed by atoms with van der Waals surface area (Å²) in [6.45, 7) is 2.21. The highest BCUT2D eigenvalue weighted by Crippen LogP contribution is 2.23. The summed E-state index contributed by atoms with van der Waals surface area (Å²) in [4.78, 5) is 0. The predicted octanol–water partition coefficient (Wildman–Crippen LogP) is 5.14. The molecular formula is C32H34O5. The maximum absolute atomic E-state index is 10.3. The van der Waals surface area contributed by atoms with Crippen molar-refractivity contribution in [3.8, 4) is 22.6 Å². The predicted molar refractivity (Wildman–Crippen MR) is 146 cm³/mol. The average molecular weight is 499 g/mol. The van der Waals surface area contributed by atoms with Crippen molar-refractivity contribution in [1.82, 2.24) is 0 Å². The zero-order valence-corrected chi connectivity index (χ0v) is 21.1.